The van der Waals surface area contributed by atoms with E-state index in [1.807, 2.05) is 17.9 Å². The highest BCUT2D eigenvalue weighted by molar-refractivity contribution is 5.97. The summed E-state index contributed by atoms with van der Waals surface area (Å²) >= 11 is 0. The summed E-state index contributed by atoms with van der Waals surface area (Å²) in [4.78, 5) is 16.7. The van der Waals surface area contributed by atoms with Gasteiger partial charge in [-0.3, -0.25) is 9.69 Å². The quantitative estimate of drug-likeness (QED) is 0.822. The third kappa shape index (κ3) is 2.51. The first-order valence-corrected chi connectivity index (χ1v) is 7.19. The van der Waals surface area contributed by atoms with Gasteiger partial charge in [0.05, 0.1) is 5.56 Å². The third-order valence-electron chi connectivity index (χ3n) is 4.26. The topological polar surface area (TPSA) is 55.8 Å². The zero-order valence-corrected chi connectivity index (χ0v) is 11.8. The molecule has 1 aromatic carbocycles. The molecule has 20 heavy (non-hydrogen) atoms. The van der Waals surface area contributed by atoms with Crippen LogP contribution in [0.15, 0.2) is 18.2 Å². The number of piperazine rings is 1. The van der Waals surface area contributed by atoms with Crippen molar-refractivity contribution in [3.63, 3.8) is 0 Å². The molecule has 1 amide bonds. The summed E-state index contributed by atoms with van der Waals surface area (Å²) in [5, 5.41) is 13.2. The maximum Gasteiger partial charge on any atom is 0.257 e. The number of hydrogen-bond donors (Lipinski definition) is 2. The number of benzene rings is 1. The van der Waals surface area contributed by atoms with Crippen molar-refractivity contribution in [2.45, 2.75) is 13.0 Å². The first-order valence-electron chi connectivity index (χ1n) is 7.19. The van der Waals surface area contributed by atoms with Gasteiger partial charge in [0.1, 0.15) is 5.75 Å². The lowest BCUT2D eigenvalue weighted by Crippen LogP contribution is -2.62. The average molecular weight is 275 g/mol. The van der Waals surface area contributed by atoms with Gasteiger partial charge in [-0.2, -0.15) is 0 Å². The second-order valence-corrected chi connectivity index (χ2v) is 5.66. The Morgan fingerprint density at radius 1 is 1.25 bits per heavy atom. The Kier molecular flexibility index (Phi) is 3.63. The van der Waals surface area contributed by atoms with E-state index in [9.17, 15) is 9.90 Å². The SMILES string of the molecule is Cc1ccc(C(=O)N2CCN(C3CNC3)CC2)c(O)c1. The van der Waals surface area contributed by atoms with Crippen molar-refractivity contribution in [3.05, 3.63) is 29.3 Å². The zero-order chi connectivity index (χ0) is 14.1. The molecule has 0 bridgehead atoms. The number of carbonyl (C=O) groups excluding carboxylic acids is 1. The Hall–Kier alpha value is -1.59. The van der Waals surface area contributed by atoms with Crippen LogP contribution in [0.25, 0.3) is 0 Å². The molecule has 3 rings (SSSR count). The number of hydrogen-bond acceptors (Lipinski definition) is 4. The zero-order valence-electron chi connectivity index (χ0n) is 11.8. The summed E-state index contributed by atoms with van der Waals surface area (Å²) in [6, 6.07) is 5.86. The molecule has 2 heterocycles. The van der Waals surface area contributed by atoms with Crippen molar-refractivity contribution in [2.24, 2.45) is 0 Å². The molecule has 2 fully saturated rings. The fraction of sp³-hybridized carbons (Fsp3) is 0.533. The molecule has 0 atom stereocenters. The Labute approximate surface area is 119 Å². The fourth-order valence-electron chi connectivity index (χ4n) is 2.81. The summed E-state index contributed by atoms with van der Waals surface area (Å²) in [6.07, 6.45) is 0. The molecule has 5 heteroatoms. The second-order valence-electron chi connectivity index (χ2n) is 5.66. The number of nitrogens with zero attached hydrogens (tertiary/aromatic N) is 2. The van der Waals surface area contributed by atoms with E-state index >= 15 is 0 Å². The van der Waals surface area contributed by atoms with Crippen LogP contribution in [0.4, 0.5) is 0 Å². The molecule has 2 aliphatic heterocycles. The number of aryl methyl sites for hydroxylation is 1. The van der Waals surface area contributed by atoms with Crippen molar-refractivity contribution in [2.75, 3.05) is 39.3 Å². The number of phenolic OH excluding ortho intramolecular Hbond substituents is 1. The molecule has 0 radical (unpaired) electrons. The van der Waals surface area contributed by atoms with Crippen LogP contribution in [0.3, 0.4) is 0 Å². The van der Waals surface area contributed by atoms with Crippen LogP contribution in [0.5, 0.6) is 5.75 Å². The number of rotatable bonds is 2. The Bertz CT molecular complexity index is 506. The molecule has 0 unspecified atom stereocenters. The Morgan fingerprint density at radius 3 is 2.50 bits per heavy atom. The van der Waals surface area contributed by atoms with E-state index in [0.29, 0.717) is 11.6 Å². The van der Waals surface area contributed by atoms with E-state index < -0.39 is 0 Å². The normalized spacial score (nSPS) is 20.8. The minimum absolute atomic E-state index is 0.0612. The first-order chi connectivity index (χ1) is 9.65. The van der Waals surface area contributed by atoms with Crippen LogP contribution in [0, 0.1) is 6.92 Å². The van der Waals surface area contributed by atoms with E-state index in [1.165, 1.54) is 0 Å². The van der Waals surface area contributed by atoms with Gasteiger partial charge >= 0.3 is 0 Å². The van der Waals surface area contributed by atoms with E-state index in [-0.39, 0.29) is 11.7 Å². The highest BCUT2D eigenvalue weighted by atomic mass is 16.3. The van der Waals surface area contributed by atoms with Crippen LogP contribution in [0.1, 0.15) is 15.9 Å². The molecular weight excluding hydrogens is 254 g/mol. The lowest BCUT2D eigenvalue weighted by Gasteiger charge is -2.43. The van der Waals surface area contributed by atoms with Gasteiger partial charge < -0.3 is 15.3 Å². The van der Waals surface area contributed by atoms with Crippen LogP contribution in [0.2, 0.25) is 0 Å². The van der Waals surface area contributed by atoms with Gasteiger partial charge in [0.2, 0.25) is 0 Å². The number of carbonyl (C=O) groups is 1. The molecular formula is C15H21N3O2. The highest BCUT2D eigenvalue weighted by Crippen LogP contribution is 2.21. The molecule has 108 valence electrons. The maximum absolute atomic E-state index is 12.4. The summed E-state index contributed by atoms with van der Waals surface area (Å²) in [7, 11) is 0. The summed E-state index contributed by atoms with van der Waals surface area (Å²) in [6.45, 7) is 7.35. The number of amides is 1. The van der Waals surface area contributed by atoms with Crippen molar-refractivity contribution < 1.29 is 9.90 Å². The molecule has 2 N–H and O–H groups in total. The van der Waals surface area contributed by atoms with Crippen molar-refractivity contribution in [1.82, 2.24) is 15.1 Å². The molecule has 0 aliphatic carbocycles. The summed E-state index contributed by atoms with van der Waals surface area (Å²) in [5.74, 6) is 0.0227. The largest absolute Gasteiger partial charge is 0.507 e. The summed E-state index contributed by atoms with van der Waals surface area (Å²) in [5.41, 5.74) is 1.37. The van der Waals surface area contributed by atoms with Gasteiger partial charge in [-0.25, -0.2) is 0 Å². The van der Waals surface area contributed by atoms with E-state index in [0.717, 1.165) is 44.8 Å². The van der Waals surface area contributed by atoms with Crippen molar-refractivity contribution in [1.29, 1.82) is 0 Å². The third-order valence-corrected chi connectivity index (χ3v) is 4.26. The van der Waals surface area contributed by atoms with Crippen molar-refractivity contribution in [3.8, 4) is 5.75 Å². The highest BCUT2D eigenvalue weighted by Gasteiger charge is 2.30. The van der Waals surface area contributed by atoms with Crippen LogP contribution < -0.4 is 5.32 Å². The number of aromatic hydroxyl groups is 1. The molecule has 0 aromatic heterocycles. The van der Waals surface area contributed by atoms with Gasteiger partial charge in [0.15, 0.2) is 0 Å². The Balaban J connectivity index is 1.63. The second kappa shape index (κ2) is 5.42. The smallest absolute Gasteiger partial charge is 0.257 e. The molecule has 0 saturated carbocycles. The number of phenols is 1. The van der Waals surface area contributed by atoms with Crippen LogP contribution in [-0.2, 0) is 0 Å². The van der Waals surface area contributed by atoms with Gasteiger partial charge in [0, 0.05) is 45.3 Å². The lowest BCUT2D eigenvalue weighted by atomic mass is 10.1. The standard InChI is InChI=1S/C15H21N3O2/c1-11-2-3-13(14(19)8-11)15(20)18-6-4-17(5-7-18)12-9-16-10-12/h2-3,8,12,16,19H,4-7,9-10H2,1H3. The molecule has 2 saturated heterocycles. The van der Waals surface area contributed by atoms with Gasteiger partial charge in [-0.15, -0.1) is 0 Å². The molecule has 2 aliphatic rings. The van der Waals surface area contributed by atoms with E-state index in [2.05, 4.69) is 10.2 Å². The number of nitrogens with one attached hydrogen (secondary N) is 1. The van der Waals surface area contributed by atoms with Gasteiger partial charge in [-0.05, 0) is 24.6 Å². The minimum atomic E-state index is -0.0612. The van der Waals surface area contributed by atoms with Crippen LogP contribution in [-0.4, -0.2) is 66.1 Å². The Morgan fingerprint density at radius 2 is 1.95 bits per heavy atom. The monoisotopic (exact) mass is 275 g/mol. The lowest BCUT2D eigenvalue weighted by molar-refractivity contribution is 0.0500. The molecule has 0 spiro atoms. The fourth-order valence-corrected chi connectivity index (χ4v) is 2.81. The maximum atomic E-state index is 12.4. The average Bonchev–Trinajstić information content (AvgIpc) is 2.37. The van der Waals surface area contributed by atoms with Gasteiger partial charge in [-0.1, -0.05) is 6.07 Å². The summed E-state index contributed by atoms with van der Waals surface area (Å²) < 4.78 is 0. The minimum Gasteiger partial charge on any atom is -0.507 e. The van der Waals surface area contributed by atoms with Crippen molar-refractivity contribution >= 4 is 5.91 Å². The molecule has 1 aromatic rings. The molecule has 5 nitrogen and oxygen atoms in total. The first kappa shape index (κ1) is 13.4. The predicted octanol–water partition coefficient (Wildman–Crippen LogP) is 0.430. The van der Waals surface area contributed by atoms with E-state index in [1.54, 1.807) is 12.1 Å². The predicted molar refractivity (Wildman–Crippen MR) is 77.0 cm³/mol. The van der Waals surface area contributed by atoms with E-state index in [4.69, 9.17) is 0 Å². The van der Waals surface area contributed by atoms with Gasteiger partial charge in [0.25, 0.3) is 5.91 Å². The van der Waals surface area contributed by atoms with Crippen LogP contribution >= 0.6 is 0 Å².